The molecule has 0 atom stereocenters. The number of pyridine rings is 1. The fraction of sp³-hybridized carbons (Fsp3) is 0.200. The van der Waals surface area contributed by atoms with Crippen LogP contribution in [0.15, 0.2) is 42.5 Å². The van der Waals surface area contributed by atoms with Crippen molar-refractivity contribution in [2.75, 3.05) is 6.54 Å². The number of halogens is 1. The smallest absolute Gasteiger partial charge is 0.269 e. The Bertz CT molecular complexity index is 584. The van der Waals surface area contributed by atoms with E-state index in [-0.39, 0.29) is 5.91 Å². The van der Waals surface area contributed by atoms with Crippen molar-refractivity contribution in [3.8, 4) is 0 Å². The third kappa shape index (κ3) is 3.80. The van der Waals surface area contributed by atoms with Crippen molar-refractivity contribution in [3.05, 3.63) is 64.4 Å². The lowest BCUT2D eigenvalue weighted by Crippen LogP contribution is -2.26. The molecule has 4 heteroatoms. The van der Waals surface area contributed by atoms with Crippen LogP contribution in [0.25, 0.3) is 0 Å². The molecule has 0 unspecified atom stereocenters. The van der Waals surface area contributed by atoms with Crippen LogP contribution in [0.4, 0.5) is 0 Å². The second-order valence-electron chi connectivity index (χ2n) is 4.28. The molecule has 1 aromatic heterocycles. The minimum Gasteiger partial charge on any atom is -0.350 e. The minimum atomic E-state index is -0.198. The topological polar surface area (TPSA) is 42.0 Å². The zero-order valence-electron chi connectivity index (χ0n) is 10.7. The molecule has 1 N–H and O–H groups in total. The molecule has 2 rings (SSSR count). The average Bonchev–Trinajstić information content (AvgIpc) is 2.41. The first kappa shape index (κ1) is 13.6. The van der Waals surface area contributed by atoms with Crippen LogP contribution < -0.4 is 5.32 Å². The van der Waals surface area contributed by atoms with E-state index in [1.807, 2.05) is 12.1 Å². The first-order chi connectivity index (χ1) is 9.16. The van der Waals surface area contributed by atoms with E-state index in [2.05, 4.69) is 29.4 Å². The summed E-state index contributed by atoms with van der Waals surface area (Å²) in [7, 11) is 0. The second-order valence-corrected chi connectivity index (χ2v) is 4.67. The Hall–Kier alpha value is -1.87. The van der Waals surface area contributed by atoms with Crippen molar-refractivity contribution >= 4 is 17.5 Å². The third-order valence-electron chi connectivity index (χ3n) is 2.89. The van der Waals surface area contributed by atoms with Gasteiger partial charge in [0.05, 0.1) is 0 Å². The number of amides is 1. The zero-order valence-corrected chi connectivity index (χ0v) is 11.4. The third-order valence-corrected chi connectivity index (χ3v) is 3.10. The van der Waals surface area contributed by atoms with Crippen LogP contribution >= 0.6 is 11.6 Å². The van der Waals surface area contributed by atoms with Gasteiger partial charge in [0.15, 0.2) is 0 Å². The average molecular weight is 275 g/mol. The molecular formula is C15H15ClN2O. The fourth-order valence-corrected chi connectivity index (χ4v) is 1.99. The van der Waals surface area contributed by atoms with Gasteiger partial charge in [-0.1, -0.05) is 41.9 Å². The summed E-state index contributed by atoms with van der Waals surface area (Å²) in [5, 5.41) is 3.17. The van der Waals surface area contributed by atoms with Gasteiger partial charge in [0.1, 0.15) is 10.8 Å². The number of benzene rings is 1. The Labute approximate surface area is 117 Å². The van der Waals surface area contributed by atoms with Crippen molar-refractivity contribution < 1.29 is 4.79 Å². The standard InChI is InChI=1S/C15H15ClN2O/c1-11-5-2-3-6-12(11)9-10-17-15(19)13-7-4-8-14(16)18-13/h2-8H,9-10H2,1H3,(H,17,19). The highest BCUT2D eigenvalue weighted by Gasteiger charge is 2.07. The molecule has 0 fully saturated rings. The molecule has 0 radical (unpaired) electrons. The molecule has 1 aromatic carbocycles. The van der Waals surface area contributed by atoms with Gasteiger partial charge in [0, 0.05) is 6.54 Å². The van der Waals surface area contributed by atoms with Crippen LogP contribution in [-0.4, -0.2) is 17.4 Å². The van der Waals surface area contributed by atoms with E-state index in [4.69, 9.17) is 11.6 Å². The predicted molar refractivity (Wildman–Crippen MR) is 76.5 cm³/mol. The Kier molecular flexibility index (Phi) is 4.53. The number of hydrogen-bond acceptors (Lipinski definition) is 2. The highest BCUT2D eigenvalue weighted by Crippen LogP contribution is 2.07. The van der Waals surface area contributed by atoms with E-state index >= 15 is 0 Å². The van der Waals surface area contributed by atoms with E-state index < -0.39 is 0 Å². The molecule has 19 heavy (non-hydrogen) atoms. The lowest BCUT2D eigenvalue weighted by molar-refractivity contribution is 0.0949. The number of aromatic nitrogens is 1. The van der Waals surface area contributed by atoms with Gasteiger partial charge in [0.25, 0.3) is 5.91 Å². The summed E-state index contributed by atoms with van der Waals surface area (Å²) in [6.07, 6.45) is 0.805. The van der Waals surface area contributed by atoms with Crippen LogP contribution in [0, 0.1) is 6.92 Å². The van der Waals surface area contributed by atoms with Gasteiger partial charge in [-0.25, -0.2) is 4.98 Å². The maximum Gasteiger partial charge on any atom is 0.269 e. The predicted octanol–water partition coefficient (Wildman–Crippen LogP) is 3.02. The van der Waals surface area contributed by atoms with Gasteiger partial charge in [-0.15, -0.1) is 0 Å². The van der Waals surface area contributed by atoms with Crippen LogP contribution in [0.5, 0.6) is 0 Å². The van der Waals surface area contributed by atoms with E-state index in [0.29, 0.717) is 17.4 Å². The molecular weight excluding hydrogens is 260 g/mol. The number of nitrogens with zero attached hydrogens (tertiary/aromatic N) is 1. The van der Waals surface area contributed by atoms with E-state index in [9.17, 15) is 4.79 Å². The molecule has 1 amide bonds. The number of rotatable bonds is 4. The lowest BCUT2D eigenvalue weighted by Gasteiger charge is -2.07. The van der Waals surface area contributed by atoms with Crippen molar-refractivity contribution in [1.29, 1.82) is 0 Å². The first-order valence-electron chi connectivity index (χ1n) is 6.12. The summed E-state index contributed by atoms with van der Waals surface area (Å²) in [5.41, 5.74) is 2.82. The maximum atomic E-state index is 11.8. The number of carbonyl (C=O) groups excluding carboxylic acids is 1. The first-order valence-corrected chi connectivity index (χ1v) is 6.50. The van der Waals surface area contributed by atoms with Crippen LogP contribution in [0.3, 0.4) is 0 Å². The molecule has 0 aliphatic rings. The maximum absolute atomic E-state index is 11.8. The largest absolute Gasteiger partial charge is 0.350 e. The number of nitrogens with one attached hydrogen (secondary N) is 1. The second kappa shape index (κ2) is 6.34. The highest BCUT2D eigenvalue weighted by molar-refractivity contribution is 6.29. The molecule has 2 aromatic rings. The van der Waals surface area contributed by atoms with Gasteiger partial charge >= 0.3 is 0 Å². The molecule has 0 spiro atoms. The van der Waals surface area contributed by atoms with Gasteiger partial charge in [-0.3, -0.25) is 4.79 Å². The van der Waals surface area contributed by atoms with E-state index in [1.165, 1.54) is 11.1 Å². The van der Waals surface area contributed by atoms with Gasteiger partial charge in [-0.05, 0) is 36.6 Å². The molecule has 1 heterocycles. The summed E-state index contributed by atoms with van der Waals surface area (Å²) in [4.78, 5) is 15.8. The number of hydrogen-bond donors (Lipinski definition) is 1. The summed E-state index contributed by atoms with van der Waals surface area (Å²) < 4.78 is 0. The van der Waals surface area contributed by atoms with E-state index in [1.54, 1.807) is 18.2 Å². The monoisotopic (exact) mass is 274 g/mol. The Morgan fingerprint density at radius 2 is 2.00 bits per heavy atom. The van der Waals surface area contributed by atoms with Crippen molar-refractivity contribution in [2.45, 2.75) is 13.3 Å². The van der Waals surface area contributed by atoms with Gasteiger partial charge in [0.2, 0.25) is 0 Å². The molecule has 98 valence electrons. The molecule has 0 bridgehead atoms. The summed E-state index contributed by atoms with van der Waals surface area (Å²) in [6.45, 7) is 2.65. The minimum absolute atomic E-state index is 0.198. The van der Waals surface area contributed by atoms with Crippen LogP contribution in [0.2, 0.25) is 5.15 Å². The van der Waals surface area contributed by atoms with Crippen molar-refractivity contribution in [3.63, 3.8) is 0 Å². The quantitative estimate of drug-likeness (QED) is 0.871. The summed E-state index contributed by atoms with van der Waals surface area (Å²) in [6, 6.07) is 13.1. The lowest BCUT2D eigenvalue weighted by atomic mass is 10.1. The van der Waals surface area contributed by atoms with Crippen LogP contribution in [0.1, 0.15) is 21.6 Å². The molecule has 0 saturated heterocycles. The van der Waals surface area contributed by atoms with Gasteiger partial charge in [-0.2, -0.15) is 0 Å². The Morgan fingerprint density at radius 3 is 2.74 bits per heavy atom. The Balaban J connectivity index is 1.90. The Morgan fingerprint density at radius 1 is 1.21 bits per heavy atom. The SMILES string of the molecule is Cc1ccccc1CCNC(=O)c1cccc(Cl)n1. The zero-order chi connectivity index (χ0) is 13.7. The van der Waals surface area contributed by atoms with Crippen molar-refractivity contribution in [2.24, 2.45) is 0 Å². The fourth-order valence-electron chi connectivity index (χ4n) is 1.83. The van der Waals surface area contributed by atoms with Crippen LogP contribution in [-0.2, 0) is 6.42 Å². The highest BCUT2D eigenvalue weighted by atomic mass is 35.5. The number of aryl methyl sites for hydroxylation is 1. The molecule has 0 aliphatic carbocycles. The number of carbonyl (C=O) groups is 1. The normalized spacial score (nSPS) is 10.2. The summed E-state index contributed by atoms with van der Waals surface area (Å²) >= 11 is 5.75. The van der Waals surface area contributed by atoms with Crippen molar-refractivity contribution in [1.82, 2.24) is 10.3 Å². The molecule has 0 saturated carbocycles. The molecule has 0 aliphatic heterocycles. The molecule has 3 nitrogen and oxygen atoms in total. The van der Waals surface area contributed by atoms with Gasteiger partial charge < -0.3 is 5.32 Å². The summed E-state index contributed by atoms with van der Waals surface area (Å²) in [5.74, 6) is -0.198. The van der Waals surface area contributed by atoms with E-state index in [0.717, 1.165) is 6.42 Å².